The van der Waals surface area contributed by atoms with Crippen molar-refractivity contribution in [2.45, 2.75) is 33.4 Å². The summed E-state index contributed by atoms with van der Waals surface area (Å²) in [6.07, 6.45) is 3.69. The Balaban J connectivity index is 1.86. The van der Waals surface area contributed by atoms with Crippen LogP contribution in [0.1, 0.15) is 37.9 Å². The Kier molecular flexibility index (Phi) is 5.76. The maximum atomic E-state index is 5.70. The van der Waals surface area contributed by atoms with Crippen LogP contribution in [0.2, 0.25) is 0 Å². The van der Waals surface area contributed by atoms with Crippen LogP contribution in [0.25, 0.3) is 0 Å². The van der Waals surface area contributed by atoms with Gasteiger partial charge in [0.15, 0.2) is 0 Å². The van der Waals surface area contributed by atoms with Crippen LogP contribution in [0.3, 0.4) is 0 Å². The van der Waals surface area contributed by atoms with Gasteiger partial charge in [-0.1, -0.05) is 32.0 Å². The molecule has 112 valence electrons. The van der Waals surface area contributed by atoms with E-state index in [4.69, 9.17) is 4.74 Å². The molecule has 1 aromatic heterocycles. The Morgan fingerprint density at radius 1 is 1.10 bits per heavy atom. The van der Waals surface area contributed by atoms with Gasteiger partial charge in [0.05, 0.1) is 6.61 Å². The van der Waals surface area contributed by atoms with Crippen LogP contribution >= 0.6 is 0 Å². The molecule has 0 amide bonds. The molecular formula is C18H24N2O. The first-order chi connectivity index (χ1) is 10.1. The van der Waals surface area contributed by atoms with E-state index >= 15 is 0 Å². The van der Waals surface area contributed by atoms with Gasteiger partial charge in [-0.3, -0.25) is 4.98 Å². The second-order valence-corrected chi connectivity index (χ2v) is 5.74. The van der Waals surface area contributed by atoms with Gasteiger partial charge < -0.3 is 10.1 Å². The monoisotopic (exact) mass is 284 g/mol. The molecule has 0 aliphatic heterocycles. The minimum atomic E-state index is 0.296. The average Bonchev–Trinajstić information content (AvgIpc) is 2.52. The molecule has 3 nitrogen and oxygen atoms in total. The molecule has 1 aromatic carbocycles. The summed E-state index contributed by atoms with van der Waals surface area (Å²) in [5.41, 5.74) is 2.46. The van der Waals surface area contributed by atoms with Gasteiger partial charge in [-0.15, -0.1) is 0 Å². The predicted molar refractivity (Wildman–Crippen MR) is 86.3 cm³/mol. The Labute approximate surface area is 127 Å². The van der Waals surface area contributed by atoms with E-state index in [1.165, 1.54) is 11.1 Å². The lowest BCUT2D eigenvalue weighted by Crippen LogP contribution is -2.18. The van der Waals surface area contributed by atoms with Gasteiger partial charge >= 0.3 is 0 Å². The standard InChI is InChI=1S/C18H24N2O/c1-14(2)13-21-18-8-6-17(7-9-18)15(3)20-12-16-5-4-10-19-11-16/h4-11,14-15,20H,12-13H2,1-3H3. The molecule has 0 radical (unpaired) electrons. The molecule has 2 rings (SSSR count). The van der Waals surface area contributed by atoms with Gasteiger partial charge in [-0.05, 0) is 42.2 Å². The molecular weight excluding hydrogens is 260 g/mol. The zero-order chi connectivity index (χ0) is 15.1. The number of hydrogen-bond acceptors (Lipinski definition) is 3. The lowest BCUT2D eigenvalue weighted by Gasteiger charge is -2.15. The zero-order valence-electron chi connectivity index (χ0n) is 13.0. The third-order valence-electron chi connectivity index (χ3n) is 3.30. The summed E-state index contributed by atoms with van der Waals surface area (Å²) < 4.78 is 5.70. The largest absolute Gasteiger partial charge is 0.493 e. The normalized spacial score (nSPS) is 12.4. The second kappa shape index (κ2) is 7.79. The number of hydrogen-bond donors (Lipinski definition) is 1. The first-order valence-electron chi connectivity index (χ1n) is 7.50. The topological polar surface area (TPSA) is 34.1 Å². The van der Waals surface area contributed by atoms with E-state index in [0.29, 0.717) is 12.0 Å². The molecule has 1 N–H and O–H groups in total. The number of rotatable bonds is 7. The first-order valence-corrected chi connectivity index (χ1v) is 7.50. The van der Waals surface area contributed by atoms with Gasteiger partial charge in [0.2, 0.25) is 0 Å². The summed E-state index contributed by atoms with van der Waals surface area (Å²) in [6.45, 7) is 8.05. The van der Waals surface area contributed by atoms with Crippen LogP contribution in [0, 0.1) is 5.92 Å². The van der Waals surface area contributed by atoms with E-state index in [0.717, 1.165) is 18.9 Å². The van der Waals surface area contributed by atoms with Gasteiger partial charge in [0.1, 0.15) is 5.75 Å². The maximum Gasteiger partial charge on any atom is 0.119 e. The molecule has 0 fully saturated rings. The third kappa shape index (κ3) is 5.20. The van der Waals surface area contributed by atoms with Crippen molar-refractivity contribution in [1.29, 1.82) is 0 Å². The number of ether oxygens (including phenoxy) is 1. The quantitative estimate of drug-likeness (QED) is 0.835. The summed E-state index contributed by atoms with van der Waals surface area (Å²) in [7, 11) is 0. The van der Waals surface area contributed by atoms with E-state index in [1.54, 1.807) is 6.20 Å². The smallest absolute Gasteiger partial charge is 0.119 e. The van der Waals surface area contributed by atoms with Crippen LogP contribution in [-0.4, -0.2) is 11.6 Å². The Morgan fingerprint density at radius 3 is 2.48 bits per heavy atom. The zero-order valence-corrected chi connectivity index (χ0v) is 13.0. The van der Waals surface area contributed by atoms with E-state index in [-0.39, 0.29) is 0 Å². The highest BCUT2D eigenvalue weighted by molar-refractivity contribution is 5.29. The van der Waals surface area contributed by atoms with Crippen molar-refractivity contribution in [1.82, 2.24) is 10.3 Å². The summed E-state index contributed by atoms with van der Waals surface area (Å²) in [5, 5.41) is 3.50. The number of pyridine rings is 1. The summed E-state index contributed by atoms with van der Waals surface area (Å²) in [5.74, 6) is 1.48. The average molecular weight is 284 g/mol. The molecule has 1 heterocycles. The summed E-state index contributed by atoms with van der Waals surface area (Å²) in [6, 6.07) is 12.7. The molecule has 0 aliphatic rings. The van der Waals surface area contributed by atoms with Gasteiger partial charge in [0.25, 0.3) is 0 Å². The molecule has 0 aliphatic carbocycles. The molecule has 0 saturated carbocycles. The number of benzene rings is 1. The fourth-order valence-electron chi connectivity index (χ4n) is 2.01. The number of nitrogens with zero attached hydrogens (tertiary/aromatic N) is 1. The fraction of sp³-hybridized carbons (Fsp3) is 0.389. The molecule has 21 heavy (non-hydrogen) atoms. The highest BCUT2D eigenvalue weighted by Gasteiger charge is 2.05. The minimum Gasteiger partial charge on any atom is -0.493 e. The molecule has 3 heteroatoms. The molecule has 1 atom stereocenters. The van der Waals surface area contributed by atoms with Crippen molar-refractivity contribution < 1.29 is 4.74 Å². The Hall–Kier alpha value is -1.87. The summed E-state index contributed by atoms with van der Waals surface area (Å²) >= 11 is 0. The van der Waals surface area contributed by atoms with Crippen molar-refractivity contribution in [3.05, 3.63) is 59.9 Å². The van der Waals surface area contributed by atoms with Gasteiger partial charge in [-0.2, -0.15) is 0 Å². The molecule has 0 bridgehead atoms. The van der Waals surface area contributed by atoms with E-state index < -0.39 is 0 Å². The third-order valence-corrected chi connectivity index (χ3v) is 3.30. The van der Waals surface area contributed by atoms with Crippen LogP contribution < -0.4 is 10.1 Å². The minimum absolute atomic E-state index is 0.296. The number of aromatic nitrogens is 1. The van der Waals surface area contributed by atoms with E-state index in [1.807, 2.05) is 24.4 Å². The highest BCUT2D eigenvalue weighted by Crippen LogP contribution is 2.18. The van der Waals surface area contributed by atoms with E-state index in [2.05, 4.69) is 49.3 Å². The van der Waals surface area contributed by atoms with Crippen LogP contribution in [0.4, 0.5) is 0 Å². The van der Waals surface area contributed by atoms with Crippen LogP contribution in [0.15, 0.2) is 48.8 Å². The van der Waals surface area contributed by atoms with Crippen LogP contribution in [0.5, 0.6) is 5.75 Å². The van der Waals surface area contributed by atoms with Crippen LogP contribution in [-0.2, 0) is 6.54 Å². The Bertz CT molecular complexity index is 523. The fourth-order valence-corrected chi connectivity index (χ4v) is 2.01. The molecule has 1 unspecified atom stereocenters. The summed E-state index contributed by atoms with van der Waals surface area (Å²) in [4.78, 5) is 4.13. The highest BCUT2D eigenvalue weighted by atomic mass is 16.5. The van der Waals surface area contributed by atoms with E-state index in [9.17, 15) is 0 Å². The van der Waals surface area contributed by atoms with Gasteiger partial charge in [0, 0.05) is 25.0 Å². The van der Waals surface area contributed by atoms with Crippen molar-refractivity contribution in [3.63, 3.8) is 0 Å². The van der Waals surface area contributed by atoms with Crippen molar-refractivity contribution in [2.24, 2.45) is 5.92 Å². The SMILES string of the molecule is CC(C)COc1ccc(C(C)NCc2cccnc2)cc1. The van der Waals surface area contributed by atoms with Crippen molar-refractivity contribution in [3.8, 4) is 5.75 Å². The molecule has 0 spiro atoms. The Morgan fingerprint density at radius 2 is 1.86 bits per heavy atom. The van der Waals surface area contributed by atoms with Gasteiger partial charge in [-0.25, -0.2) is 0 Å². The number of nitrogens with one attached hydrogen (secondary N) is 1. The lowest BCUT2D eigenvalue weighted by atomic mass is 10.1. The maximum absolute atomic E-state index is 5.70. The lowest BCUT2D eigenvalue weighted by molar-refractivity contribution is 0.271. The van der Waals surface area contributed by atoms with Crippen molar-refractivity contribution in [2.75, 3.05) is 6.61 Å². The molecule has 0 saturated heterocycles. The van der Waals surface area contributed by atoms with Crippen molar-refractivity contribution >= 4 is 0 Å². The first kappa shape index (κ1) is 15.5. The molecule has 2 aromatic rings. The predicted octanol–water partition coefficient (Wildman–Crippen LogP) is 3.97. The second-order valence-electron chi connectivity index (χ2n) is 5.74.